The van der Waals surface area contributed by atoms with Crippen molar-refractivity contribution in [2.24, 2.45) is 0 Å². The zero-order valence-electron chi connectivity index (χ0n) is 9.38. The van der Waals surface area contributed by atoms with Crippen molar-refractivity contribution >= 4 is 11.0 Å². The molecule has 0 radical (unpaired) electrons. The van der Waals surface area contributed by atoms with E-state index in [1.165, 1.54) is 0 Å². The van der Waals surface area contributed by atoms with Gasteiger partial charge >= 0.3 is 11.1 Å². The average molecular weight is 242 g/mol. The van der Waals surface area contributed by atoms with Crippen molar-refractivity contribution in [3.05, 3.63) is 63.2 Å². The maximum atomic E-state index is 11.2. The second-order valence-corrected chi connectivity index (χ2v) is 4.02. The van der Waals surface area contributed by atoms with Crippen LogP contribution in [0.3, 0.4) is 0 Å². The summed E-state index contributed by atoms with van der Waals surface area (Å²) in [6.07, 6.45) is 5.29. The fourth-order valence-electron chi connectivity index (χ4n) is 1.85. The Hall–Kier alpha value is -2.63. The van der Waals surface area contributed by atoms with Gasteiger partial charge in [-0.25, -0.2) is 4.98 Å². The fourth-order valence-corrected chi connectivity index (χ4v) is 1.85. The van der Waals surface area contributed by atoms with Crippen molar-refractivity contribution in [2.45, 2.75) is 6.54 Å². The number of H-pyrrole nitrogens is 2. The quantitative estimate of drug-likeness (QED) is 0.640. The summed E-state index contributed by atoms with van der Waals surface area (Å²) in [7, 11) is 0. The average Bonchev–Trinajstić information content (AvgIpc) is 2.84. The van der Waals surface area contributed by atoms with Crippen molar-refractivity contribution in [1.29, 1.82) is 0 Å². The van der Waals surface area contributed by atoms with Gasteiger partial charge in [-0.2, -0.15) is 0 Å². The second-order valence-electron chi connectivity index (χ2n) is 4.02. The molecule has 0 bridgehead atoms. The Labute approximate surface area is 101 Å². The number of hydrogen-bond donors (Lipinski definition) is 2. The lowest BCUT2D eigenvalue weighted by molar-refractivity contribution is 0.798. The first-order chi connectivity index (χ1) is 8.72. The molecule has 3 rings (SSSR count). The fraction of sp³-hybridized carbons (Fsp3) is 0.0833. The highest BCUT2D eigenvalue weighted by Gasteiger charge is 2.01. The third kappa shape index (κ3) is 1.84. The molecule has 18 heavy (non-hydrogen) atoms. The van der Waals surface area contributed by atoms with Gasteiger partial charge in [0.2, 0.25) is 0 Å². The number of nitrogens with zero attached hydrogens (tertiary/aromatic N) is 2. The van der Waals surface area contributed by atoms with Gasteiger partial charge in [0.25, 0.3) is 0 Å². The number of nitrogens with one attached hydrogen (secondary N) is 2. The summed E-state index contributed by atoms with van der Waals surface area (Å²) in [6, 6.07) is 5.52. The standard InChI is InChI=1S/C12H10N4O2/c17-11-12(18)15-10-5-8(1-2-9(10)14-11)6-16-4-3-13-7-16/h1-5,7H,6H2,(H,14,17)(H,15,18). The van der Waals surface area contributed by atoms with Crippen LogP contribution in [-0.4, -0.2) is 19.5 Å². The van der Waals surface area contributed by atoms with Crippen LogP contribution in [0.2, 0.25) is 0 Å². The lowest BCUT2D eigenvalue weighted by Crippen LogP contribution is -2.28. The van der Waals surface area contributed by atoms with Crippen molar-refractivity contribution in [1.82, 2.24) is 19.5 Å². The summed E-state index contributed by atoms with van der Waals surface area (Å²) in [5.41, 5.74) is 0.988. The van der Waals surface area contributed by atoms with Crippen molar-refractivity contribution in [3.8, 4) is 0 Å². The molecule has 2 N–H and O–H groups in total. The number of aromatic nitrogens is 4. The Morgan fingerprint density at radius 1 is 1.11 bits per heavy atom. The molecule has 0 unspecified atom stereocenters. The lowest BCUT2D eigenvalue weighted by Gasteiger charge is -2.04. The lowest BCUT2D eigenvalue weighted by atomic mass is 10.2. The molecule has 90 valence electrons. The summed E-state index contributed by atoms with van der Waals surface area (Å²) in [5.74, 6) is 0. The topological polar surface area (TPSA) is 83.5 Å². The van der Waals surface area contributed by atoms with E-state index in [0.717, 1.165) is 5.56 Å². The molecule has 0 amide bonds. The van der Waals surface area contributed by atoms with Gasteiger partial charge in [0.05, 0.1) is 17.4 Å². The Morgan fingerprint density at radius 2 is 1.89 bits per heavy atom. The van der Waals surface area contributed by atoms with Gasteiger partial charge in [0.1, 0.15) is 0 Å². The molecule has 0 aliphatic heterocycles. The van der Waals surface area contributed by atoms with E-state index in [2.05, 4.69) is 15.0 Å². The predicted molar refractivity (Wildman–Crippen MR) is 66.5 cm³/mol. The van der Waals surface area contributed by atoms with E-state index >= 15 is 0 Å². The zero-order chi connectivity index (χ0) is 12.5. The number of rotatable bonds is 2. The molecule has 0 fully saturated rings. The second kappa shape index (κ2) is 3.99. The van der Waals surface area contributed by atoms with E-state index in [4.69, 9.17) is 0 Å². The minimum atomic E-state index is -0.637. The molecule has 1 aromatic carbocycles. The maximum absolute atomic E-state index is 11.2. The normalized spacial score (nSPS) is 10.9. The highest BCUT2D eigenvalue weighted by atomic mass is 16.2. The van der Waals surface area contributed by atoms with Crippen LogP contribution in [0.15, 0.2) is 46.5 Å². The first-order valence-electron chi connectivity index (χ1n) is 5.43. The smallest absolute Gasteiger partial charge is 0.314 e. The van der Waals surface area contributed by atoms with Crippen molar-refractivity contribution in [2.75, 3.05) is 0 Å². The van der Waals surface area contributed by atoms with Gasteiger partial charge < -0.3 is 14.5 Å². The maximum Gasteiger partial charge on any atom is 0.314 e. The first-order valence-corrected chi connectivity index (χ1v) is 5.43. The molecule has 0 aliphatic rings. The molecule has 0 saturated heterocycles. The van der Waals surface area contributed by atoms with E-state index in [0.29, 0.717) is 17.6 Å². The van der Waals surface area contributed by atoms with Crippen LogP contribution in [0, 0.1) is 0 Å². The molecule has 0 saturated carbocycles. The summed E-state index contributed by atoms with van der Waals surface area (Å²) < 4.78 is 1.92. The minimum Gasteiger partial charge on any atom is -0.333 e. The molecule has 0 atom stereocenters. The Bertz CT molecular complexity index is 799. The van der Waals surface area contributed by atoms with E-state index in [1.54, 1.807) is 18.6 Å². The van der Waals surface area contributed by atoms with E-state index < -0.39 is 11.1 Å². The molecule has 6 nitrogen and oxygen atoms in total. The largest absolute Gasteiger partial charge is 0.333 e. The van der Waals surface area contributed by atoms with E-state index in [9.17, 15) is 9.59 Å². The summed E-state index contributed by atoms with van der Waals surface area (Å²) in [4.78, 5) is 31.5. The summed E-state index contributed by atoms with van der Waals surface area (Å²) >= 11 is 0. The first kappa shape index (κ1) is 10.5. The van der Waals surface area contributed by atoms with Crippen molar-refractivity contribution in [3.63, 3.8) is 0 Å². The van der Waals surface area contributed by atoms with Crippen LogP contribution in [0.4, 0.5) is 0 Å². The van der Waals surface area contributed by atoms with Crippen LogP contribution >= 0.6 is 0 Å². The zero-order valence-corrected chi connectivity index (χ0v) is 9.38. The molecule has 2 aromatic heterocycles. The van der Waals surface area contributed by atoms with Crippen LogP contribution in [0.25, 0.3) is 11.0 Å². The predicted octanol–water partition coefficient (Wildman–Crippen LogP) is 0.461. The van der Waals surface area contributed by atoms with Crippen molar-refractivity contribution < 1.29 is 0 Å². The summed E-state index contributed by atoms with van der Waals surface area (Å²) in [5, 5.41) is 0. The molecular formula is C12H10N4O2. The highest BCUT2D eigenvalue weighted by molar-refractivity contribution is 5.74. The minimum absolute atomic E-state index is 0.619. The van der Waals surface area contributed by atoms with Gasteiger partial charge in [-0.15, -0.1) is 0 Å². The number of imidazole rings is 1. The molecule has 0 spiro atoms. The van der Waals surface area contributed by atoms with Crippen LogP contribution < -0.4 is 11.1 Å². The van der Waals surface area contributed by atoms with E-state index in [-0.39, 0.29) is 0 Å². The monoisotopic (exact) mass is 242 g/mol. The van der Waals surface area contributed by atoms with Crippen LogP contribution in [0.1, 0.15) is 5.56 Å². The SMILES string of the molecule is O=c1[nH]c2ccc(Cn3ccnc3)cc2[nH]c1=O. The molecule has 0 aliphatic carbocycles. The molecular weight excluding hydrogens is 232 g/mol. The van der Waals surface area contributed by atoms with Gasteiger partial charge in [0, 0.05) is 18.9 Å². The third-order valence-electron chi connectivity index (χ3n) is 2.71. The molecule has 2 heterocycles. The van der Waals surface area contributed by atoms with Crippen LogP contribution in [-0.2, 0) is 6.54 Å². The van der Waals surface area contributed by atoms with Gasteiger partial charge in [-0.3, -0.25) is 9.59 Å². The molecule has 6 heteroatoms. The number of aromatic amines is 2. The third-order valence-corrected chi connectivity index (χ3v) is 2.71. The molecule has 3 aromatic rings. The van der Waals surface area contributed by atoms with Gasteiger partial charge in [-0.05, 0) is 17.7 Å². The van der Waals surface area contributed by atoms with Gasteiger partial charge in [-0.1, -0.05) is 6.07 Å². The number of fused-ring (bicyclic) bond motifs is 1. The number of benzene rings is 1. The van der Waals surface area contributed by atoms with Gasteiger partial charge in [0.15, 0.2) is 0 Å². The highest BCUT2D eigenvalue weighted by Crippen LogP contribution is 2.10. The van der Waals surface area contributed by atoms with Crippen LogP contribution in [0.5, 0.6) is 0 Å². The Balaban J connectivity index is 2.08. The van der Waals surface area contributed by atoms with E-state index in [1.807, 2.05) is 22.9 Å². The number of hydrogen-bond acceptors (Lipinski definition) is 3. The summed E-state index contributed by atoms with van der Waals surface area (Å²) in [6.45, 7) is 0.664. The Morgan fingerprint density at radius 3 is 2.61 bits per heavy atom. The Kier molecular flexibility index (Phi) is 2.33.